The summed E-state index contributed by atoms with van der Waals surface area (Å²) in [6.07, 6.45) is -0.749. The van der Waals surface area contributed by atoms with Gasteiger partial charge in [0.15, 0.2) is 0 Å². The fourth-order valence-corrected chi connectivity index (χ4v) is 3.58. The summed E-state index contributed by atoms with van der Waals surface area (Å²) in [5.41, 5.74) is 6.86. The van der Waals surface area contributed by atoms with E-state index in [4.69, 9.17) is 4.84 Å². The van der Waals surface area contributed by atoms with Crippen LogP contribution in [0.5, 0.6) is 0 Å². The molecule has 0 unspecified atom stereocenters. The van der Waals surface area contributed by atoms with Crippen LogP contribution in [0.2, 0.25) is 0 Å². The van der Waals surface area contributed by atoms with E-state index in [9.17, 15) is 5.11 Å². The number of fused-ring (bicyclic) bond motifs is 4. The van der Waals surface area contributed by atoms with Crippen LogP contribution in [-0.4, -0.2) is 38.5 Å². The Kier molecular flexibility index (Phi) is 4.10. The summed E-state index contributed by atoms with van der Waals surface area (Å²) < 4.78 is 1.68. The maximum Gasteiger partial charge on any atom is 0.144 e. The van der Waals surface area contributed by atoms with Gasteiger partial charge in [-0.05, 0) is 23.3 Å². The van der Waals surface area contributed by atoms with E-state index in [1.54, 1.807) is 4.68 Å². The third-order valence-electron chi connectivity index (χ3n) is 4.88. The Bertz CT molecular complexity index is 1130. The zero-order valence-corrected chi connectivity index (χ0v) is 15.1. The van der Waals surface area contributed by atoms with Crippen LogP contribution >= 0.6 is 0 Å². The second-order valence-corrected chi connectivity index (χ2v) is 6.74. The van der Waals surface area contributed by atoms with Crippen LogP contribution in [0, 0.1) is 0 Å². The van der Waals surface area contributed by atoms with Crippen LogP contribution in [0.25, 0.3) is 22.2 Å². The number of nitrogens with zero attached hydrogens (tertiary/aromatic N) is 4. The Hall–Kier alpha value is -3.51. The first-order chi connectivity index (χ1) is 13.8. The van der Waals surface area contributed by atoms with Gasteiger partial charge in [-0.3, -0.25) is 0 Å². The fraction of sp³-hybridized carbons (Fsp3) is 0.136. The number of benzene rings is 3. The van der Waals surface area contributed by atoms with Gasteiger partial charge in [0, 0.05) is 11.1 Å². The molecule has 0 bridgehead atoms. The number of rotatable bonds is 5. The molecule has 138 valence electrons. The van der Waals surface area contributed by atoms with Gasteiger partial charge in [-0.25, -0.2) is 4.68 Å². The minimum Gasteiger partial charge on any atom is -0.392 e. The molecule has 1 heterocycles. The zero-order valence-electron chi connectivity index (χ0n) is 15.1. The van der Waals surface area contributed by atoms with E-state index < -0.39 is 6.10 Å². The molecule has 1 atom stereocenters. The third kappa shape index (κ3) is 2.84. The predicted molar refractivity (Wildman–Crippen MR) is 107 cm³/mol. The average Bonchev–Trinajstić information content (AvgIpc) is 3.28. The molecule has 4 aromatic rings. The van der Waals surface area contributed by atoms with Crippen LogP contribution < -0.4 is 0 Å². The quantitative estimate of drug-likeness (QED) is 0.482. The molecule has 0 aliphatic heterocycles. The average molecular weight is 370 g/mol. The van der Waals surface area contributed by atoms with Crippen molar-refractivity contribution in [1.29, 1.82) is 0 Å². The minimum atomic E-state index is -0.749. The molecule has 1 N–H and O–H groups in total. The third-order valence-corrected chi connectivity index (χ3v) is 4.88. The molecular formula is C22H18N4O2. The van der Waals surface area contributed by atoms with Crippen molar-refractivity contribution in [2.75, 3.05) is 6.61 Å². The second kappa shape index (κ2) is 6.90. The van der Waals surface area contributed by atoms with Gasteiger partial charge in [0.25, 0.3) is 0 Å². The Morgan fingerprint density at radius 3 is 2.18 bits per heavy atom. The maximum atomic E-state index is 10.4. The van der Waals surface area contributed by atoms with Gasteiger partial charge in [-0.2, -0.15) is 0 Å². The Balaban J connectivity index is 1.33. The van der Waals surface area contributed by atoms with E-state index >= 15 is 0 Å². The highest BCUT2D eigenvalue weighted by atomic mass is 16.6. The molecule has 0 amide bonds. The molecule has 0 saturated carbocycles. The first-order valence-electron chi connectivity index (χ1n) is 9.17. The van der Waals surface area contributed by atoms with Crippen molar-refractivity contribution < 1.29 is 9.94 Å². The molecule has 1 aromatic heterocycles. The van der Waals surface area contributed by atoms with E-state index in [-0.39, 0.29) is 6.61 Å². The monoisotopic (exact) mass is 370 g/mol. The normalized spacial score (nSPS) is 13.2. The first kappa shape index (κ1) is 16.6. The lowest BCUT2D eigenvalue weighted by Crippen LogP contribution is -2.22. The van der Waals surface area contributed by atoms with Gasteiger partial charge in [-0.15, -0.1) is 5.10 Å². The van der Waals surface area contributed by atoms with Gasteiger partial charge >= 0.3 is 0 Å². The molecule has 6 heteroatoms. The molecule has 0 radical (unpaired) electrons. The summed E-state index contributed by atoms with van der Waals surface area (Å²) in [5.74, 6) is 0. The lowest BCUT2D eigenvalue weighted by atomic mass is 10.1. The van der Waals surface area contributed by atoms with Crippen molar-refractivity contribution >= 4 is 16.7 Å². The molecule has 0 saturated heterocycles. The second-order valence-electron chi connectivity index (χ2n) is 6.74. The Labute approximate surface area is 161 Å². The van der Waals surface area contributed by atoms with E-state index in [1.807, 2.05) is 60.7 Å². The highest BCUT2D eigenvalue weighted by Crippen LogP contribution is 2.36. The van der Waals surface area contributed by atoms with Gasteiger partial charge in [-0.1, -0.05) is 71.0 Å². The van der Waals surface area contributed by atoms with Gasteiger partial charge in [0.05, 0.1) is 12.1 Å². The molecule has 5 rings (SSSR count). The van der Waals surface area contributed by atoms with Crippen molar-refractivity contribution in [3.05, 3.63) is 83.9 Å². The van der Waals surface area contributed by atoms with Crippen molar-refractivity contribution in [1.82, 2.24) is 15.0 Å². The number of hydrogen-bond acceptors (Lipinski definition) is 5. The van der Waals surface area contributed by atoms with Crippen LogP contribution in [-0.2, 0) is 11.4 Å². The number of aliphatic hydroxyl groups is 1. The maximum absolute atomic E-state index is 10.4. The predicted octanol–water partition coefficient (Wildman–Crippen LogP) is 3.24. The summed E-state index contributed by atoms with van der Waals surface area (Å²) in [4.78, 5) is 5.53. The molecule has 0 fully saturated rings. The first-order valence-corrected chi connectivity index (χ1v) is 9.17. The van der Waals surface area contributed by atoms with E-state index in [1.165, 1.54) is 0 Å². The molecule has 3 aromatic carbocycles. The molecule has 1 aliphatic rings. The lowest BCUT2D eigenvalue weighted by molar-refractivity contribution is 0.0298. The zero-order chi connectivity index (χ0) is 18.9. The van der Waals surface area contributed by atoms with E-state index in [0.717, 1.165) is 39.0 Å². The van der Waals surface area contributed by atoms with E-state index in [2.05, 4.69) is 27.6 Å². The van der Waals surface area contributed by atoms with Crippen molar-refractivity contribution in [2.45, 2.75) is 12.6 Å². The van der Waals surface area contributed by atoms with Gasteiger partial charge < -0.3 is 9.94 Å². The SMILES string of the molecule is O[C@H](CON=C1c2ccccc2-c2ccccc21)Cn1nnc2ccccc21. The van der Waals surface area contributed by atoms with Gasteiger partial charge in [0.1, 0.15) is 23.9 Å². The molecule has 0 spiro atoms. The van der Waals surface area contributed by atoms with Crippen LogP contribution in [0.1, 0.15) is 11.1 Å². The van der Waals surface area contributed by atoms with Crippen molar-refractivity contribution in [2.24, 2.45) is 5.16 Å². The summed E-state index contributed by atoms with van der Waals surface area (Å²) >= 11 is 0. The summed E-state index contributed by atoms with van der Waals surface area (Å²) in [7, 11) is 0. The lowest BCUT2D eigenvalue weighted by Gasteiger charge is -2.10. The number of aromatic nitrogens is 3. The van der Waals surface area contributed by atoms with Crippen LogP contribution in [0.4, 0.5) is 0 Å². The molecule has 6 nitrogen and oxygen atoms in total. The van der Waals surface area contributed by atoms with Crippen LogP contribution in [0.15, 0.2) is 78.0 Å². The fourth-order valence-electron chi connectivity index (χ4n) is 3.58. The van der Waals surface area contributed by atoms with Crippen molar-refractivity contribution in [3.8, 4) is 11.1 Å². The highest BCUT2D eigenvalue weighted by molar-refractivity contribution is 6.24. The van der Waals surface area contributed by atoms with Gasteiger partial charge in [0.2, 0.25) is 0 Å². The number of oxime groups is 1. The molecule has 1 aliphatic carbocycles. The molecule has 28 heavy (non-hydrogen) atoms. The smallest absolute Gasteiger partial charge is 0.144 e. The Morgan fingerprint density at radius 2 is 1.46 bits per heavy atom. The Morgan fingerprint density at radius 1 is 0.857 bits per heavy atom. The van der Waals surface area contributed by atoms with Crippen LogP contribution in [0.3, 0.4) is 0 Å². The summed E-state index contributed by atoms with van der Waals surface area (Å²) in [6.45, 7) is 0.362. The summed E-state index contributed by atoms with van der Waals surface area (Å²) in [5, 5.41) is 22.9. The number of para-hydroxylation sites is 1. The van der Waals surface area contributed by atoms with E-state index in [0.29, 0.717) is 6.54 Å². The minimum absolute atomic E-state index is 0.0714. The van der Waals surface area contributed by atoms with Crippen molar-refractivity contribution in [3.63, 3.8) is 0 Å². The topological polar surface area (TPSA) is 72.5 Å². The standard InChI is InChI=1S/C22H18N4O2/c27-15(13-26-21-12-6-5-11-20(21)23-25-26)14-28-24-22-18-9-3-1-7-16(18)17-8-2-4-10-19(17)22/h1-12,15,27H,13-14H2/t15-/m0/s1. The highest BCUT2D eigenvalue weighted by Gasteiger charge is 2.24. The largest absolute Gasteiger partial charge is 0.392 e. The molecular weight excluding hydrogens is 352 g/mol. The summed E-state index contributed by atoms with van der Waals surface area (Å²) in [6, 6.07) is 23.9. The number of aliphatic hydroxyl groups excluding tert-OH is 1. The number of hydrogen-bond donors (Lipinski definition) is 1.